The fourth-order valence-corrected chi connectivity index (χ4v) is 1.30. The largest absolute Gasteiger partial charge is 0.480 e. The second-order valence-corrected chi connectivity index (χ2v) is 3.44. The zero-order chi connectivity index (χ0) is 14.4. The Morgan fingerprint density at radius 1 is 1.58 bits per heavy atom. The van der Waals surface area contributed by atoms with Crippen molar-refractivity contribution < 1.29 is 24.7 Å². The Kier molecular flexibility index (Phi) is 4.71. The van der Waals surface area contributed by atoms with Crippen molar-refractivity contribution in [2.45, 2.75) is 12.5 Å². The number of nitrogens with two attached hydrogens (primary N) is 1. The van der Waals surface area contributed by atoms with E-state index in [1.165, 1.54) is 6.07 Å². The third kappa shape index (κ3) is 3.89. The van der Waals surface area contributed by atoms with Gasteiger partial charge >= 0.3 is 11.7 Å². The van der Waals surface area contributed by atoms with Gasteiger partial charge in [-0.15, -0.1) is 9.90 Å². The topological polar surface area (TPSA) is 154 Å². The van der Waals surface area contributed by atoms with Crippen molar-refractivity contribution in [3.63, 3.8) is 0 Å². The van der Waals surface area contributed by atoms with Gasteiger partial charge in [0.05, 0.1) is 4.92 Å². The molecule has 0 bridgehead atoms. The summed E-state index contributed by atoms with van der Waals surface area (Å²) in [6, 6.07) is 2.40. The van der Waals surface area contributed by atoms with Crippen LogP contribution in [0.4, 0.5) is 5.69 Å². The van der Waals surface area contributed by atoms with Crippen LogP contribution < -0.4 is 10.6 Å². The highest BCUT2D eigenvalue weighted by Crippen LogP contribution is 2.28. The van der Waals surface area contributed by atoms with E-state index in [4.69, 9.17) is 10.8 Å². The van der Waals surface area contributed by atoms with Gasteiger partial charge in [0.25, 0.3) is 5.75 Å². The van der Waals surface area contributed by atoms with Gasteiger partial charge in [-0.25, -0.2) is 0 Å². The van der Waals surface area contributed by atoms with E-state index in [2.05, 4.69) is 9.88 Å². The van der Waals surface area contributed by atoms with Gasteiger partial charge in [0.15, 0.2) is 0 Å². The van der Waals surface area contributed by atoms with Crippen molar-refractivity contribution in [3.8, 4) is 5.75 Å². The van der Waals surface area contributed by atoms with E-state index in [-0.39, 0.29) is 12.2 Å². The second-order valence-electron chi connectivity index (χ2n) is 3.44. The van der Waals surface area contributed by atoms with Gasteiger partial charge < -0.3 is 10.8 Å². The van der Waals surface area contributed by atoms with Crippen molar-refractivity contribution >= 4 is 11.7 Å². The molecule has 0 amide bonds. The van der Waals surface area contributed by atoms with Gasteiger partial charge in [0.1, 0.15) is 6.04 Å². The first kappa shape index (κ1) is 14.3. The molecular formula is C9H9N3O7. The van der Waals surface area contributed by atoms with Gasteiger partial charge in [-0.3, -0.25) is 19.8 Å². The average molecular weight is 271 g/mol. The molecule has 3 N–H and O–H groups in total. The lowest BCUT2D eigenvalue weighted by Gasteiger charge is -2.07. The van der Waals surface area contributed by atoms with E-state index < -0.39 is 22.6 Å². The molecule has 0 aliphatic rings. The summed E-state index contributed by atoms with van der Waals surface area (Å²) < 4.78 is 0. The lowest BCUT2D eigenvalue weighted by atomic mass is 10.1. The fourth-order valence-electron chi connectivity index (χ4n) is 1.30. The predicted octanol–water partition coefficient (Wildman–Crippen LogP) is 0.541. The van der Waals surface area contributed by atoms with Crippen LogP contribution in [0, 0.1) is 15.0 Å². The molecule has 10 heteroatoms. The summed E-state index contributed by atoms with van der Waals surface area (Å²) in [6.45, 7) is 0. The number of hydrogen-bond acceptors (Lipinski definition) is 8. The lowest BCUT2D eigenvalue weighted by molar-refractivity contribution is -0.388. The van der Waals surface area contributed by atoms with Gasteiger partial charge in [0.2, 0.25) is 5.34 Å². The molecule has 0 spiro atoms. The highest BCUT2D eigenvalue weighted by Gasteiger charge is 2.20. The van der Waals surface area contributed by atoms with E-state index in [9.17, 15) is 19.8 Å². The molecule has 1 rings (SSSR count). The van der Waals surface area contributed by atoms with Crippen LogP contribution in [0.5, 0.6) is 5.75 Å². The fraction of sp³-hybridized carbons (Fsp3) is 0.222. The maximum Gasteiger partial charge on any atom is 0.320 e. The van der Waals surface area contributed by atoms with E-state index in [0.717, 1.165) is 12.1 Å². The number of aliphatic carboxylic acids is 1. The lowest BCUT2D eigenvalue weighted by Crippen LogP contribution is -2.32. The molecule has 0 saturated heterocycles. The maximum absolute atomic E-state index is 10.8. The van der Waals surface area contributed by atoms with Crippen LogP contribution in [0.1, 0.15) is 5.56 Å². The summed E-state index contributed by atoms with van der Waals surface area (Å²) in [5.74, 6) is -1.56. The number of nitro groups is 1. The van der Waals surface area contributed by atoms with E-state index in [1.54, 1.807) is 0 Å². The quantitative estimate of drug-likeness (QED) is 0.315. The van der Waals surface area contributed by atoms with Crippen molar-refractivity contribution in [2.75, 3.05) is 0 Å². The molecule has 1 unspecified atom stereocenters. The van der Waals surface area contributed by atoms with Crippen LogP contribution in [0.2, 0.25) is 0 Å². The third-order valence-electron chi connectivity index (χ3n) is 2.15. The molecule has 1 atom stereocenters. The highest BCUT2D eigenvalue weighted by molar-refractivity contribution is 5.73. The van der Waals surface area contributed by atoms with Crippen LogP contribution in [-0.4, -0.2) is 22.0 Å². The summed E-state index contributed by atoms with van der Waals surface area (Å²) in [5, 5.41) is 21.3. The van der Waals surface area contributed by atoms with Crippen molar-refractivity contribution in [2.24, 2.45) is 11.1 Å². The summed E-state index contributed by atoms with van der Waals surface area (Å²) in [5.41, 5.74) is 5.14. The Morgan fingerprint density at radius 3 is 2.79 bits per heavy atom. The van der Waals surface area contributed by atoms with Crippen LogP contribution in [0.25, 0.3) is 0 Å². The molecule has 102 valence electrons. The number of rotatable bonds is 7. The molecule has 10 nitrogen and oxygen atoms in total. The Hall–Kier alpha value is -2.75. The van der Waals surface area contributed by atoms with E-state index >= 15 is 0 Å². The van der Waals surface area contributed by atoms with Crippen LogP contribution in [0.3, 0.4) is 0 Å². The summed E-state index contributed by atoms with van der Waals surface area (Å²) >= 11 is 0. The number of hydrogen-bond donors (Lipinski definition) is 2. The second kappa shape index (κ2) is 6.26. The average Bonchev–Trinajstić information content (AvgIpc) is 2.36. The molecule has 0 aliphatic carbocycles. The first-order valence-corrected chi connectivity index (χ1v) is 4.87. The molecule has 0 radical (unpaired) electrons. The number of benzene rings is 1. The summed E-state index contributed by atoms with van der Waals surface area (Å²) in [4.78, 5) is 38.3. The molecular weight excluding hydrogens is 262 g/mol. The Labute approximate surface area is 105 Å². The van der Waals surface area contributed by atoms with E-state index in [1.807, 2.05) is 5.34 Å². The van der Waals surface area contributed by atoms with Gasteiger partial charge in [-0.2, -0.15) is 0 Å². The molecule has 1 aromatic carbocycles. The van der Waals surface area contributed by atoms with Crippen molar-refractivity contribution in [1.82, 2.24) is 0 Å². The number of carbonyl (C=O) groups is 1. The van der Waals surface area contributed by atoms with Crippen LogP contribution in [-0.2, 0) is 16.2 Å². The minimum atomic E-state index is -1.23. The molecule has 0 heterocycles. The zero-order valence-electron chi connectivity index (χ0n) is 9.38. The maximum atomic E-state index is 10.8. The van der Waals surface area contributed by atoms with Crippen LogP contribution in [0.15, 0.2) is 23.5 Å². The molecule has 19 heavy (non-hydrogen) atoms. The molecule has 0 saturated carbocycles. The van der Waals surface area contributed by atoms with Gasteiger partial charge in [-0.05, 0) is 18.1 Å². The Morgan fingerprint density at radius 2 is 2.26 bits per heavy atom. The molecule has 1 aromatic rings. The number of nitrogens with zero attached hydrogens (tertiary/aromatic N) is 2. The van der Waals surface area contributed by atoms with Crippen LogP contribution >= 0.6 is 0 Å². The standard InChI is InChI=1S/C9H9N3O7/c10-6(9(13)14)3-5-1-2-8(18-19-11-15)7(4-5)12(16)17/h1-2,4,6H,3,10H2,(H,13,14). The Bertz CT molecular complexity index is 505. The first-order chi connectivity index (χ1) is 8.95. The minimum absolute atomic E-state index is 0.0940. The molecule has 0 fully saturated rings. The van der Waals surface area contributed by atoms with Gasteiger partial charge in [0, 0.05) is 6.07 Å². The molecule has 0 aliphatic heterocycles. The normalized spacial score (nSPS) is 11.4. The number of carboxylic acid groups (broad SMARTS) is 1. The number of nitro benzene ring substituents is 1. The monoisotopic (exact) mass is 271 g/mol. The van der Waals surface area contributed by atoms with Crippen molar-refractivity contribution in [3.05, 3.63) is 38.8 Å². The van der Waals surface area contributed by atoms with E-state index in [0.29, 0.717) is 5.56 Å². The minimum Gasteiger partial charge on any atom is -0.480 e. The molecule has 0 aromatic heterocycles. The highest BCUT2D eigenvalue weighted by atomic mass is 17.3. The van der Waals surface area contributed by atoms with Crippen molar-refractivity contribution in [1.29, 1.82) is 0 Å². The van der Waals surface area contributed by atoms with Gasteiger partial charge in [-0.1, -0.05) is 6.07 Å². The summed E-state index contributed by atoms with van der Waals surface area (Å²) in [7, 11) is 0. The third-order valence-corrected chi connectivity index (χ3v) is 2.15. The smallest absolute Gasteiger partial charge is 0.320 e. The number of carboxylic acids is 1. The predicted molar refractivity (Wildman–Crippen MR) is 59.9 cm³/mol. The SMILES string of the molecule is NC(Cc1ccc(OON=O)c([N+](=O)[O-])c1)C(=O)O. The first-order valence-electron chi connectivity index (χ1n) is 4.87. The Balaban J connectivity index is 2.98. The summed E-state index contributed by atoms with van der Waals surface area (Å²) in [6.07, 6.45) is -0.0940. The zero-order valence-corrected chi connectivity index (χ0v) is 9.38.